The third kappa shape index (κ3) is 3.03. The molecule has 4 rings (SSSR count). The smallest absolute Gasteiger partial charge is 0.345 e. The molecule has 0 aliphatic carbocycles. The number of alkyl halides is 3. The summed E-state index contributed by atoms with van der Waals surface area (Å²) in [5.41, 5.74) is 0.821. The highest BCUT2D eigenvalue weighted by Gasteiger charge is 2.31. The lowest BCUT2D eigenvalue weighted by atomic mass is 10.0. The summed E-state index contributed by atoms with van der Waals surface area (Å²) >= 11 is 0. The van der Waals surface area contributed by atoms with E-state index in [9.17, 15) is 22.8 Å². The van der Waals surface area contributed by atoms with E-state index in [1.165, 1.54) is 17.0 Å². The maximum absolute atomic E-state index is 13.4. The van der Waals surface area contributed by atoms with Gasteiger partial charge >= 0.3 is 6.18 Å². The van der Waals surface area contributed by atoms with Crippen LogP contribution in [0.3, 0.4) is 0 Å². The molecule has 0 saturated carbocycles. The molecule has 0 bridgehead atoms. The van der Waals surface area contributed by atoms with Crippen molar-refractivity contribution in [2.75, 3.05) is 14.1 Å². The van der Waals surface area contributed by atoms with E-state index in [4.69, 9.17) is 0 Å². The number of hydrogen-bond acceptors (Lipinski definition) is 2. The number of carbonyl (C=O) groups is 2. The number of benzene rings is 3. The van der Waals surface area contributed by atoms with Crippen molar-refractivity contribution in [3.63, 3.8) is 0 Å². The highest BCUT2D eigenvalue weighted by atomic mass is 19.4. The summed E-state index contributed by atoms with van der Waals surface area (Å²) < 4.78 is 41.9. The van der Waals surface area contributed by atoms with Crippen LogP contribution in [0, 0.1) is 0 Å². The number of carbonyl (C=O) groups excluding carboxylic acids is 2. The summed E-state index contributed by atoms with van der Waals surface area (Å²) in [6.07, 6.45) is -3.93. The summed E-state index contributed by atoms with van der Waals surface area (Å²) in [5.74, 6) is -0.411. The van der Waals surface area contributed by atoms with Crippen LogP contribution in [0.1, 0.15) is 26.3 Å². The molecule has 0 aliphatic rings. The molecule has 0 saturated heterocycles. The molecule has 0 spiro atoms. The maximum Gasteiger partial charge on any atom is 0.416 e. The molecule has 0 atom stereocenters. The molecule has 1 aromatic heterocycles. The Hall–Kier alpha value is -3.61. The van der Waals surface area contributed by atoms with Gasteiger partial charge in [0.1, 0.15) is 0 Å². The van der Waals surface area contributed by atoms with Gasteiger partial charge in [-0.15, -0.1) is 0 Å². The van der Waals surface area contributed by atoms with Crippen LogP contribution >= 0.6 is 0 Å². The number of halogens is 3. The van der Waals surface area contributed by atoms with Crippen LogP contribution in [-0.4, -0.2) is 35.8 Å². The van der Waals surface area contributed by atoms with E-state index in [0.29, 0.717) is 28.4 Å². The first kappa shape index (κ1) is 19.7. The van der Waals surface area contributed by atoms with Crippen molar-refractivity contribution >= 4 is 34.0 Å². The van der Waals surface area contributed by atoms with Crippen molar-refractivity contribution in [2.45, 2.75) is 6.18 Å². The van der Waals surface area contributed by atoms with Gasteiger partial charge < -0.3 is 9.47 Å². The van der Waals surface area contributed by atoms with Gasteiger partial charge in [-0.3, -0.25) is 9.59 Å². The number of para-hydroxylation sites is 1. The molecular formula is C23H17F3N2O2. The van der Waals surface area contributed by atoms with Crippen molar-refractivity contribution in [3.05, 3.63) is 77.4 Å². The largest absolute Gasteiger partial charge is 0.416 e. The van der Waals surface area contributed by atoms with E-state index < -0.39 is 17.6 Å². The second-order valence-corrected chi connectivity index (χ2v) is 7.14. The quantitative estimate of drug-likeness (QED) is 0.429. The summed E-state index contributed by atoms with van der Waals surface area (Å²) in [5, 5.41) is 1.37. The maximum atomic E-state index is 13.4. The van der Waals surface area contributed by atoms with Crippen molar-refractivity contribution < 1.29 is 22.8 Å². The third-order valence-corrected chi connectivity index (χ3v) is 5.06. The molecular weight excluding hydrogens is 393 g/mol. The van der Waals surface area contributed by atoms with Gasteiger partial charge in [0, 0.05) is 30.4 Å². The molecule has 0 aliphatic heterocycles. The number of amides is 1. The Labute approximate surface area is 170 Å². The van der Waals surface area contributed by atoms with E-state index in [-0.39, 0.29) is 11.1 Å². The SMILES string of the molecule is CN(C)C(=O)c1c(C=O)cccc1-n1c2ccccc2c2ccc(C(F)(F)F)cc21. The fourth-order valence-electron chi connectivity index (χ4n) is 3.71. The molecule has 0 unspecified atom stereocenters. The Morgan fingerprint density at radius 1 is 0.933 bits per heavy atom. The molecule has 7 heteroatoms. The predicted molar refractivity (Wildman–Crippen MR) is 109 cm³/mol. The average molecular weight is 410 g/mol. The molecule has 4 aromatic rings. The van der Waals surface area contributed by atoms with Gasteiger partial charge in [-0.2, -0.15) is 13.2 Å². The molecule has 152 valence electrons. The van der Waals surface area contributed by atoms with E-state index in [1.807, 2.05) is 6.07 Å². The van der Waals surface area contributed by atoms with Crippen LogP contribution in [-0.2, 0) is 6.18 Å². The zero-order valence-corrected chi connectivity index (χ0v) is 16.2. The first-order valence-corrected chi connectivity index (χ1v) is 9.14. The lowest BCUT2D eigenvalue weighted by Crippen LogP contribution is -2.24. The minimum absolute atomic E-state index is 0.137. The first-order chi connectivity index (χ1) is 14.2. The van der Waals surface area contributed by atoms with Gasteiger partial charge in [0.25, 0.3) is 5.91 Å². The summed E-state index contributed by atoms with van der Waals surface area (Å²) in [4.78, 5) is 25.9. The molecule has 3 aromatic carbocycles. The summed E-state index contributed by atoms with van der Waals surface area (Å²) in [6.45, 7) is 0. The number of hydrogen-bond donors (Lipinski definition) is 0. The molecule has 0 fully saturated rings. The Bertz CT molecular complexity index is 1300. The minimum Gasteiger partial charge on any atom is -0.345 e. The Morgan fingerprint density at radius 3 is 2.30 bits per heavy atom. The molecule has 1 amide bonds. The minimum atomic E-state index is -4.51. The molecule has 30 heavy (non-hydrogen) atoms. The predicted octanol–water partition coefficient (Wildman–Crippen LogP) is 5.32. The van der Waals surface area contributed by atoms with Crippen molar-refractivity contribution in [2.24, 2.45) is 0 Å². The fraction of sp³-hybridized carbons (Fsp3) is 0.130. The first-order valence-electron chi connectivity index (χ1n) is 9.14. The highest BCUT2D eigenvalue weighted by Crippen LogP contribution is 2.37. The zero-order chi connectivity index (χ0) is 21.6. The lowest BCUT2D eigenvalue weighted by molar-refractivity contribution is -0.137. The van der Waals surface area contributed by atoms with Crippen LogP contribution < -0.4 is 0 Å². The number of nitrogens with zero attached hydrogens (tertiary/aromatic N) is 2. The van der Waals surface area contributed by atoms with Crippen LogP contribution in [0.4, 0.5) is 13.2 Å². The normalized spacial score (nSPS) is 11.8. The summed E-state index contributed by atoms with van der Waals surface area (Å²) in [6, 6.07) is 15.5. The van der Waals surface area contributed by atoms with Gasteiger partial charge in [0.05, 0.1) is 27.8 Å². The molecule has 4 nitrogen and oxygen atoms in total. The second-order valence-electron chi connectivity index (χ2n) is 7.14. The van der Waals surface area contributed by atoms with Gasteiger partial charge in [0.15, 0.2) is 6.29 Å². The standard InChI is InChI=1S/C23H17F3N2O2/c1-27(2)22(30)21-14(13-29)6-5-9-19(21)28-18-8-4-3-7-16(18)17-11-10-15(12-20(17)28)23(24,25)26/h3-13H,1-2H3. The topological polar surface area (TPSA) is 42.3 Å². The van der Waals surface area contributed by atoms with Crippen LogP contribution in [0.2, 0.25) is 0 Å². The number of fused-ring (bicyclic) bond motifs is 3. The Balaban J connectivity index is 2.18. The van der Waals surface area contributed by atoms with Crippen molar-refractivity contribution in [3.8, 4) is 5.69 Å². The summed E-state index contributed by atoms with van der Waals surface area (Å²) in [7, 11) is 3.11. The number of aromatic nitrogens is 1. The Kier molecular flexibility index (Phi) is 4.61. The fourth-order valence-corrected chi connectivity index (χ4v) is 3.71. The van der Waals surface area contributed by atoms with Gasteiger partial charge in [-0.05, 0) is 24.3 Å². The van der Waals surface area contributed by atoms with Crippen molar-refractivity contribution in [1.29, 1.82) is 0 Å². The van der Waals surface area contributed by atoms with Gasteiger partial charge in [0.2, 0.25) is 0 Å². The molecule has 1 heterocycles. The average Bonchev–Trinajstić information content (AvgIpc) is 3.05. The number of rotatable bonds is 3. The van der Waals surface area contributed by atoms with E-state index in [1.54, 1.807) is 49.0 Å². The van der Waals surface area contributed by atoms with Crippen LogP contribution in [0.15, 0.2) is 60.7 Å². The second kappa shape index (κ2) is 7.02. The van der Waals surface area contributed by atoms with Gasteiger partial charge in [-0.1, -0.05) is 36.4 Å². The monoisotopic (exact) mass is 410 g/mol. The van der Waals surface area contributed by atoms with Gasteiger partial charge in [-0.25, -0.2) is 0 Å². The van der Waals surface area contributed by atoms with E-state index in [0.717, 1.165) is 17.5 Å². The van der Waals surface area contributed by atoms with E-state index >= 15 is 0 Å². The Morgan fingerprint density at radius 2 is 1.63 bits per heavy atom. The van der Waals surface area contributed by atoms with Crippen LogP contribution in [0.5, 0.6) is 0 Å². The number of aldehydes is 1. The van der Waals surface area contributed by atoms with Crippen LogP contribution in [0.25, 0.3) is 27.5 Å². The third-order valence-electron chi connectivity index (χ3n) is 5.06. The molecule has 0 radical (unpaired) electrons. The zero-order valence-electron chi connectivity index (χ0n) is 16.2. The highest BCUT2D eigenvalue weighted by molar-refractivity contribution is 6.11. The van der Waals surface area contributed by atoms with Crippen molar-refractivity contribution in [1.82, 2.24) is 9.47 Å². The van der Waals surface area contributed by atoms with E-state index in [2.05, 4.69) is 0 Å². The molecule has 0 N–H and O–H groups in total. The lowest BCUT2D eigenvalue weighted by Gasteiger charge is -2.18.